The Morgan fingerprint density at radius 3 is 2.39 bits per heavy atom. The summed E-state index contributed by atoms with van der Waals surface area (Å²) in [7, 11) is -3.52. The minimum Gasteiger partial charge on any atom is -0.351 e. The molecule has 0 spiro atoms. The van der Waals surface area contributed by atoms with Crippen molar-refractivity contribution in [3.05, 3.63) is 48.1 Å². The third-order valence-corrected chi connectivity index (χ3v) is 6.24. The van der Waals surface area contributed by atoms with E-state index in [0.29, 0.717) is 25.9 Å². The van der Waals surface area contributed by atoms with Crippen LogP contribution in [0.25, 0.3) is 0 Å². The molecule has 1 fully saturated rings. The van der Waals surface area contributed by atoms with Crippen LogP contribution in [0.2, 0.25) is 0 Å². The predicted molar refractivity (Wildman–Crippen MR) is 79.0 cm³/mol. The molecule has 1 aromatic heterocycles. The zero-order valence-electron chi connectivity index (χ0n) is 12.2. The normalized spacial score (nSPS) is 16.5. The first-order valence-electron chi connectivity index (χ1n) is 7.18. The summed E-state index contributed by atoms with van der Waals surface area (Å²) in [6, 6.07) is 6.29. The molecule has 0 aliphatic carbocycles. The number of likely N-dealkylation sites (tertiary alicyclic amines) is 1. The maximum absolute atomic E-state index is 12.9. The molecule has 6 nitrogen and oxygen atoms in total. The zero-order valence-corrected chi connectivity index (χ0v) is 13.0. The van der Waals surface area contributed by atoms with Crippen LogP contribution in [0, 0.1) is 5.82 Å². The monoisotopic (exact) mass is 338 g/mol. The fraction of sp³-hybridized carbons (Fsp3) is 0.333. The van der Waals surface area contributed by atoms with E-state index < -0.39 is 20.9 Å². The first-order valence-corrected chi connectivity index (χ1v) is 8.72. The Bertz CT molecular complexity index is 779. The molecule has 0 saturated carbocycles. The second kappa shape index (κ2) is 6.11. The molecule has 0 bridgehead atoms. The van der Waals surface area contributed by atoms with Gasteiger partial charge in [0.1, 0.15) is 5.82 Å². The van der Waals surface area contributed by atoms with Crippen LogP contribution in [0.15, 0.2) is 45.9 Å². The van der Waals surface area contributed by atoms with E-state index in [4.69, 9.17) is 4.52 Å². The lowest BCUT2D eigenvalue weighted by molar-refractivity contribution is 0.0683. The number of carbonyl (C=O) groups is 1. The van der Waals surface area contributed by atoms with Crippen molar-refractivity contribution in [3.63, 3.8) is 0 Å². The molecule has 3 rings (SSSR count). The molecular formula is C15H15FN2O4S. The lowest BCUT2D eigenvalue weighted by Crippen LogP contribution is -2.42. The maximum atomic E-state index is 12.9. The van der Waals surface area contributed by atoms with E-state index in [9.17, 15) is 17.6 Å². The van der Waals surface area contributed by atoms with Gasteiger partial charge in [-0.05, 0) is 37.1 Å². The fourth-order valence-electron chi connectivity index (χ4n) is 2.67. The van der Waals surface area contributed by atoms with Gasteiger partial charge in [-0.25, -0.2) is 12.8 Å². The first kappa shape index (κ1) is 15.7. The minimum atomic E-state index is -3.52. The minimum absolute atomic E-state index is 0.110. The van der Waals surface area contributed by atoms with E-state index in [1.54, 1.807) is 4.90 Å². The number of nitrogens with zero attached hydrogens (tertiary/aromatic N) is 2. The molecule has 122 valence electrons. The first-order chi connectivity index (χ1) is 11.0. The fourth-order valence-corrected chi connectivity index (χ4v) is 4.40. The number of carbonyl (C=O) groups excluding carboxylic acids is 1. The van der Waals surface area contributed by atoms with Crippen molar-refractivity contribution in [1.82, 2.24) is 10.1 Å². The van der Waals surface area contributed by atoms with Crippen molar-refractivity contribution < 1.29 is 22.1 Å². The van der Waals surface area contributed by atoms with Crippen LogP contribution < -0.4 is 0 Å². The van der Waals surface area contributed by atoms with Gasteiger partial charge in [-0.3, -0.25) is 4.79 Å². The predicted octanol–water partition coefficient (Wildman–Crippen LogP) is 1.89. The van der Waals surface area contributed by atoms with Crippen molar-refractivity contribution in [1.29, 1.82) is 0 Å². The van der Waals surface area contributed by atoms with Crippen molar-refractivity contribution >= 4 is 15.7 Å². The Kier molecular flexibility index (Phi) is 4.16. The molecule has 8 heteroatoms. The van der Waals surface area contributed by atoms with Crippen LogP contribution in [-0.2, 0) is 9.84 Å². The van der Waals surface area contributed by atoms with Crippen molar-refractivity contribution in [2.75, 3.05) is 13.1 Å². The third kappa shape index (κ3) is 3.12. The van der Waals surface area contributed by atoms with Gasteiger partial charge in [-0.2, -0.15) is 0 Å². The highest BCUT2D eigenvalue weighted by atomic mass is 32.2. The van der Waals surface area contributed by atoms with Crippen LogP contribution in [0.1, 0.15) is 23.4 Å². The molecule has 1 saturated heterocycles. The van der Waals surface area contributed by atoms with E-state index in [1.807, 2.05) is 0 Å². The highest BCUT2D eigenvalue weighted by molar-refractivity contribution is 7.92. The van der Waals surface area contributed by atoms with Crippen LogP contribution in [-0.4, -0.2) is 42.7 Å². The van der Waals surface area contributed by atoms with E-state index in [2.05, 4.69) is 5.16 Å². The largest absolute Gasteiger partial charge is 0.351 e. The van der Waals surface area contributed by atoms with Crippen LogP contribution in [0.4, 0.5) is 4.39 Å². The summed E-state index contributed by atoms with van der Waals surface area (Å²) in [6.45, 7) is 0.648. The summed E-state index contributed by atoms with van der Waals surface area (Å²) in [6.07, 6.45) is 2.05. The van der Waals surface area contributed by atoms with Crippen LogP contribution >= 0.6 is 0 Å². The van der Waals surface area contributed by atoms with Crippen LogP contribution in [0.5, 0.6) is 0 Å². The standard InChI is InChI=1S/C15H15FN2O4S/c16-11-1-3-12(4-2-11)23(20,21)13-6-9-18(10-7-13)15(19)14-5-8-17-22-14/h1-5,8,13H,6-7,9-10H2. The Labute approximate surface area is 132 Å². The Morgan fingerprint density at radius 2 is 1.83 bits per heavy atom. The van der Waals surface area contributed by atoms with Gasteiger partial charge in [-0.1, -0.05) is 5.16 Å². The van der Waals surface area contributed by atoms with Gasteiger partial charge in [0.05, 0.1) is 16.3 Å². The molecule has 2 heterocycles. The second-order valence-corrected chi connectivity index (χ2v) is 7.60. The number of piperidine rings is 1. The van der Waals surface area contributed by atoms with Gasteiger partial charge in [0.15, 0.2) is 9.84 Å². The molecule has 1 aromatic carbocycles. The maximum Gasteiger partial charge on any atom is 0.292 e. The van der Waals surface area contributed by atoms with Gasteiger partial charge in [0.25, 0.3) is 5.91 Å². The second-order valence-electron chi connectivity index (χ2n) is 5.37. The number of halogens is 1. The van der Waals surface area contributed by atoms with Crippen molar-refractivity contribution in [3.8, 4) is 0 Å². The number of amides is 1. The molecule has 1 aliphatic heterocycles. The molecule has 2 aromatic rings. The molecule has 1 aliphatic rings. The van der Waals surface area contributed by atoms with E-state index in [1.165, 1.54) is 24.4 Å². The summed E-state index contributed by atoms with van der Waals surface area (Å²) >= 11 is 0. The Balaban J connectivity index is 1.69. The molecule has 1 amide bonds. The lowest BCUT2D eigenvalue weighted by atomic mass is 10.1. The highest BCUT2D eigenvalue weighted by Crippen LogP contribution is 2.25. The number of sulfone groups is 1. The average molecular weight is 338 g/mol. The van der Waals surface area contributed by atoms with Crippen molar-refractivity contribution in [2.45, 2.75) is 23.0 Å². The molecule has 0 unspecified atom stereocenters. The van der Waals surface area contributed by atoms with Gasteiger partial charge < -0.3 is 9.42 Å². The number of benzene rings is 1. The number of hydrogen-bond acceptors (Lipinski definition) is 5. The molecule has 23 heavy (non-hydrogen) atoms. The summed E-state index contributed by atoms with van der Waals surface area (Å²) in [5.41, 5.74) is 0. The van der Waals surface area contributed by atoms with Gasteiger partial charge >= 0.3 is 0 Å². The topological polar surface area (TPSA) is 80.5 Å². The number of aromatic nitrogens is 1. The van der Waals surface area contributed by atoms with E-state index >= 15 is 0 Å². The molecule has 0 atom stereocenters. The third-order valence-electron chi connectivity index (χ3n) is 3.96. The number of hydrogen-bond donors (Lipinski definition) is 0. The van der Waals surface area contributed by atoms with Gasteiger partial charge in [0.2, 0.25) is 5.76 Å². The summed E-state index contributed by atoms with van der Waals surface area (Å²) < 4.78 is 42.9. The smallest absolute Gasteiger partial charge is 0.292 e. The van der Waals surface area contributed by atoms with Gasteiger partial charge in [-0.15, -0.1) is 0 Å². The Morgan fingerprint density at radius 1 is 1.17 bits per heavy atom. The van der Waals surface area contributed by atoms with Crippen molar-refractivity contribution in [2.24, 2.45) is 0 Å². The zero-order chi connectivity index (χ0) is 16.4. The highest BCUT2D eigenvalue weighted by Gasteiger charge is 2.33. The molecule has 0 N–H and O–H groups in total. The SMILES string of the molecule is O=C(c1ccno1)N1CCC(S(=O)(=O)c2ccc(F)cc2)CC1. The van der Waals surface area contributed by atoms with E-state index in [0.717, 1.165) is 12.1 Å². The van der Waals surface area contributed by atoms with Gasteiger partial charge in [0, 0.05) is 19.2 Å². The van der Waals surface area contributed by atoms with Crippen LogP contribution in [0.3, 0.4) is 0 Å². The summed E-state index contributed by atoms with van der Waals surface area (Å²) in [5.74, 6) is -0.624. The average Bonchev–Trinajstić information content (AvgIpc) is 3.09. The lowest BCUT2D eigenvalue weighted by Gasteiger charge is -2.31. The quantitative estimate of drug-likeness (QED) is 0.799. The van der Waals surface area contributed by atoms with E-state index in [-0.39, 0.29) is 16.6 Å². The number of rotatable bonds is 3. The summed E-state index contributed by atoms with van der Waals surface area (Å²) in [4.78, 5) is 13.8. The molecular weight excluding hydrogens is 323 g/mol. The Hall–Kier alpha value is -2.22. The molecule has 0 radical (unpaired) electrons. The summed E-state index contributed by atoms with van der Waals surface area (Å²) in [5, 5.41) is 2.91.